The molecule has 3 rings (SSSR count). The molecule has 7 heteroatoms. The number of methoxy groups -OCH3 is 1. The van der Waals surface area contributed by atoms with Gasteiger partial charge in [-0.15, -0.1) is 10.2 Å². The molecule has 0 fully saturated rings. The molecule has 1 unspecified atom stereocenters. The predicted octanol–water partition coefficient (Wildman–Crippen LogP) is 0.923. The van der Waals surface area contributed by atoms with Crippen LogP contribution in [0.5, 0.6) is 5.75 Å². The van der Waals surface area contributed by atoms with Crippen LogP contribution < -0.4 is 15.4 Å². The minimum atomic E-state index is -0.215. The molecule has 2 N–H and O–H groups in total. The molecule has 0 spiro atoms. The van der Waals surface area contributed by atoms with E-state index in [0.29, 0.717) is 11.3 Å². The summed E-state index contributed by atoms with van der Waals surface area (Å²) in [5.41, 5.74) is 0.563. The first-order valence-corrected chi connectivity index (χ1v) is 7.76. The molecule has 1 aromatic heterocycles. The molecule has 0 aliphatic carbocycles. The van der Waals surface area contributed by atoms with Crippen molar-refractivity contribution in [2.75, 3.05) is 20.2 Å². The second-order valence-corrected chi connectivity index (χ2v) is 5.55. The van der Waals surface area contributed by atoms with Crippen LogP contribution in [0.25, 0.3) is 0 Å². The lowest BCUT2D eigenvalue weighted by Crippen LogP contribution is -2.29. The van der Waals surface area contributed by atoms with E-state index in [9.17, 15) is 4.79 Å². The van der Waals surface area contributed by atoms with E-state index >= 15 is 0 Å². The highest BCUT2D eigenvalue weighted by Gasteiger charge is 2.21. The summed E-state index contributed by atoms with van der Waals surface area (Å²) in [5, 5.41) is 14.8. The molecule has 1 aliphatic rings. The van der Waals surface area contributed by atoms with E-state index in [1.807, 2.05) is 13.0 Å². The number of rotatable bonds is 4. The Morgan fingerprint density at radius 2 is 2.26 bits per heavy atom. The molecule has 0 radical (unpaired) electrons. The van der Waals surface area contributed by atoms with E-state index in [4.69, 9.17) is 4.74 Å². The predicted molar refractivity (Wildman–Crippen MR) is 85.5 cm³/mol. The lowest BCUT2D eigenvalue weighted by molar-refractivity contribution is 0.0937. The second-order valence-electron chi connectivity index (χ2n) is 5.55. The van der Waals surface area contributed by atoms with Gasteiger partial charge >= 0.3 is 0 Å². The summed E-state index contributed by atoms with van der Waals surface area (Å²) in [6, 6.07) is 6.88. The standard InChI is InChI=1S/C16H21N5O2/c1-11(15-20-19-14-6-7-17-8-9-21(14)15)18-16(22)12-4-3-5-13(10-12)23-2/h3-5,10-11,17H,6-9H2,1-2H3,(H,18,22). The third kappa shape index (κ3) is 3.34. The van der Waals surface area contributed by atoms with Crippen LogP contribution in [-0.2, 0) is 13.0 Å². The maximum atomic E-state index is 12.4. The fraction of sp³-hybridized carbons (Fsp3) is 0.438. The summed E-state index contributed by atoms with van der Waals surface area (Å²) in [6.07, 6.45) is 0.851. The highest BCUT2D eigenvalue weighted by atomic mass is 16.5. The van der Waals surface area contributed by atoms with Gasteiger partial charge in [0.2, 0.25) is 0 Å². The normalized spacial score (nSPS) is 15.4. The van der Waals surface area contributed by atoms with Crippen molar-refractivity contribution in [3.05, 3.63) is 41.5 Å². The molecular weight excluding hydrogens is 294 g/mol. The van der Waals surface area contributed by atoms with Gasteiger partial charge in [0.25, 0.3) is 5.91 Å². The zero-order chi connectivity index (χ0) is 16.2. The summed E-state index contributed by atoms with van der Waals surface area (Å²) in [7, 11) is 1.58. The summed E-state index contributed by atoms with van der Waals surface area (Å²) in [6.45, 7) is 4.53. The first-order chi connectivity index (χ1) is 11.2. The number of aromatic nitrogens is 3. The molecule has 2 heterocycles. The lowest BCUT2D eigenvalue weighted by atomic mass is 10.2. The van der Waals surface area contributed by atoms with Crippen molar-refractivity contribution < 1.29 is 9.53 Å². The van der Waals surface area contributed by atoms with Gasteiger partial charge in [-0.1, -0.05) is 6.07 Å². The second kappa shape index (κ2) is 6.78. The number of nitrogens with one attached hydrogen (secondary N) is 2. The molecule has 1 aromatic carbocycles. The largest absolute Gasteiger partial charge is 0.497 e. The Morgan fingerprint density at radius 3 is 3.09 bits per heavy atom. The quantitative estimate of drug-likeness (QED) is 0.877. The van der Waals surface area contributed by atoms with Crippen molar-refractivity contribution >= 4 is 5.91 Å². The Kier molecular flexibility index (Phi) is 4.57. The van der Waals surface area contributed by atoms with Crippen molar-refractivity contribution in [3.63, 3.8) is 0 Å². The number of hydrogen-bond donors (Lipinski definition) is 2. The van der Waals surface area contributed by atoms with Crippen LogP contribution in [0.1, 0.15) is 35.0 Å². The molecule has 1 atom stereocenters. The minimum Gasteiger partial charge on any atom is -0.497 e. The fourth-order valence-corrected chi connectivity index (χ4v) is 2.72. The third-order valence-corrected chi connectivity index (χ3v) is 3.96. The van der Waals surface area contributed by atoms with Gasteiger partial charge in [0.15, 0.2) is 5.82 Å². The van der Waals surface area contributed by atoms with Crippen LogP contribution in [0.2, 0.25) is 0 Å². The van der Waals surface area contributed by atoms with Gasteiger partial charge in [-0.3, -0.25) is 4.79 Å². The van der Waals surface area contributed by atoms with Crippen molar-refractivity contribution in [1.82, 2.24) is 25.4 Å². The molecule has 1 aliphatic heterocycles. The maximum Gasteiger partial charge on any atom is 0.251 e. The molecule has 0 saturated carbocycles. The number of fused-ring (bicyclic) bond motifs is 1. The number of nitrogens with zero attached hydrogens (tertiary/aromatic N) is 3. The van der Waals surface area contributed by atoms with E-state index in [1.54, 1.807) is 25.3 Å². The van der Waals surface area contributed by atoms with Gasteiger partial charge in [-0.25, -0.2) is 0 Å². The Labute approximate surface area is 135 Å². The molecule has 23 heavy (non-hydrogen) atoms. The average Bonchev–Trinajstić information content (AvgIpc) is 2.83. The van der Waals surface area contributed by atoms with Crippen LogP contribution in [-0.4, -0.2) is 40.9 Å². The first kappa shape index (κ1) is 15.5. The van der Waals surface area contributed by atoms with Crippen LogP contribution >= 0.6 is 0 Å². The molecule has 122 valence electrons. The van der Waals surface area contributed by atoms with Gasteiger partial charge < -0.3 is 19.9 Å². The van der Waals surface area contributed by atoms with Crippen LogP contribution in [0.15, 0.2) is 24.3 Å². The zero-order valence-electron chi connectivity index (χ0n) is 13.4. The van der Waals surface area contributed by atoms with Gasteiger partial charge in [0.1, 0.15) is 11.6 Å². The summed E-state index contributed by atoms with van der Waals surface area (Å²) in [4.78, 5) is 12.4. The Bertz CT molecular complexity index is 698. The minimum absolute atomic E-state index is 0.152. The Hall–Kier alpha value is -2.41. The van der Waals surface area contributed by atoms with Gasteiger partial charge in [0.05, 0.1) is 13.2 Å². The van der Waals surface area contributed by atoms with E-state index in [0.717, 1.165) is 37.7 Å². The monoisotopic (exact) mass is 315 g/mol. The smallest absolute Gasteiger partial charge is 0.251 e. The Morgan fingerprint density at radius 1 is 1.39 bits per heavy atom. The number of carbonyl (C=O) groups excluding carboxylic acids is 1. The molecule has 0 bridgehead atoms. The molecule has 0 saturated heterocycles. The molecule has 7 nitrogen and oxygen atoms in total. The number of carbonyl (C=O) groups is 1. The van der Waals surface area contributed by atoms with Crippen molar-refractivity contribution in [1.29, 1.82) is 0 Å². The molecule has 1 amide bonds. The van der Waals surface area contributed by atoms with E-state index in [1.165, 1.54) is 0 Å². The number of amides is 1. The van der Waals surface area contributed by atoms with E-state index in [-0.39, 0.29) is 11.9 Å². The highest BCUT2D eigenvalue weighted by molar-refractivity contribution is 5.94. The number of ether oxygens (including phenoxy) is 1. The number of hydrogen-bond acceptors (Lipinski definition) is 5. The zero-order valence-corrected chi connectivity index (χ0v) is 13.4. The highest BCUT2D eigenvalue weighted by Crippen LogP contribution is 2.16. The summed E-state index contributed by atoms with van der Waals surface area (Å²) >= 11 is 0. The first-order valence-electron chi connectivity index (χ1n) is 7.76. The number of benzene rings is 1. The van der Waals surface area contributed by atoms with Crippen molar-refractivity contribution in [3.8, 4) is 5.75 Å². The van der Waals surface area contributed by atoms with Gasteiger partial charge in [-0.2, -0.15) is 0 Å². The van der Waals surface area contributed by atoms with Gasteiger partial charge in [-0.05, 0) is 25.1 Å². The van der Waals surface area contributed by atoms with Crippen molar-refractivity contribution in [2.24, 2.45) is 0 Å². The maximum absolute atomic E-state index is 12.4. The molecule has 2 aromatic rings. The van der Waals surface area contributed by atoms with Crippen LogP contribution in [0.4, 0.5) is 0 Å². The van der Waals surface area contributed by atoms with Gasteiger partial charge in [0, 0.05) is 31.6 Å². The van der Waals surface area contributed by atoms with Crippen molar-refractivity contribution in [2.45, 2.75) is 25.9 Å². The third-order valence-electron chi connectivity index (χ3n) is 3.96. The fourth-order valence-electron chi connectivity index (χ4n) is 2.72. The summed E-state index contributed by atoms with van der Waals surface area (Å²) in [5.74, 6) is 2.26. The van der Waals surface area contributed by atoms with E-state index in [2.05, 4.69) is 25.4 Å². The molecular formula is C16H21N5O2. The van der Waals surface area contributed by atoms with Crippen LogP contribution in [0, 0.1) is 0 Å². The Balaban J connectivity index is 1.75. The lowest BCUT2D eigenvalue weighted by Gasteiger charge is -2.15. The van der Waals surface area contributed by atoms with E-state index < -0.39 is 0 Å². The average molecular weight is 315 g/mol. The summed E-state index contributed by atoms with van der Waals surface area (Å²) < 4.78 is 7.25. The SMILES string of the molecule is COc1cccc(C(=O)NC(C)c2nnc3n2CCNCC3)c1. The van der Waals surface area contributed by atoms with Crippen LogP contribution in [0.3, 0.4) is 0 Å². The topological polar surface area (TPSA) is 81.1 Å².